The summed E-state index contributed by atoms with van der Waals surface area (Å²) in [4.78, 5) is 2.49. The zero-order chi connectivity index (χ0) is 25.4. The molecule has 1 aromatic carbocycles. The zero-order valence-electron chi connectivity index (χ0n) is 20.0. The van der Waals surface area contributed by atoms with Crippen molar-refractivity contribution < 1.29 is 31.4 Å². The van der Waals surface area contributed by atoms with Gasteiger partial charge in [-0.2, -0.15) is 13.2 Å². The van der Waals surface area contributed by atoms with E-state index in [1.54, 1.807) is 0 Å². The van der Waals surface area contributed by atoms with E-state index >= 15 is 0 Å². The third-order valence-corrected chi connectivity index (χ3v) is 7.62. The summed E-state index contributed by atoms with van der Waals surface area (Å²) in [5.74, 6) is -1.50. The molecule has 0 spiro atoms. The maximum absolute atomic E-state index is 14.1. The number of fused-ring (bicyclic) bond motifs is 1. The Bertz CT molecular complexity index is 1060. The average molecular weight is 513 g/mol. The van der Waals surface area contributed by atoms with E-state index in [0.717, 1.165) is 83.8 Å². The van der Waals surface area contributed by atoms with Crippen LogP contribution in [0.3, 0.4) is 0 Å². The monoisotopic (exact) mass is 512 g/mol. The predicted octanol–water partition coefficient (Wildman–Crippen LogP) is 5.00. The molecule has 2 aliphatic heterocycles. The van der Waals surface area contributed by atoms with Crippen LogP contribution >= 0.6 is 0 Å². The van der Waals surface area contributed by atoms with Gasteiger partial charge in [-0.05, 0) is 61.6 Å². The largest absolute Gasteiger partial charge is 0.491 e. The highest BCUT2D eigenvalue weighted by Gasteiger charge is 2.43. The van der Waals surface area contributed by atoms with Crippen LogP contribution in [0.25, 0.3) is 11.3 Å². The van der Waals surface area contributed by atoms with Gasteiger partial charge in [0.15, 0.2) is 23.2 Å². The number of halogens is 5. The number of ether oxygens (including phenoxy) is 2. The van der Waals surface area contributed by atoms with Gasteiger partial charge in [0.05, 0.1) is 12.8 Å². The van der Waals surface area contributed by atoms with Gasteiger partial charge < -0.3 is 19.7 Å². The minimum absolute atomic E-state index is 0.137. The predicted molar refractivity (Wildman–Crippen MR) is 123 cm³/mol. The summed E-state index contributed by atoms with van der Waals surface area (Å²) in [6.07, 6.45) is -1.01. The van der Waals surface area contributed by atoms with Crippen molar-refractivity contribution in [1.82, 2.24) is 15.1 Å². The van der Waals surface area contributed by atoms with Crippen LogP contribution in [0.1, 0.15) is 31.2 Å². The van der Waals surface area contributed by atoms with Crippen molar-refractivity contribution in [3.63, 3.8) is 0 Å². The molecule has 2 aromatic rings. The van der Waals surface area contributed by atoms with Gasteiger partial charge in [0, 0.05) is 44.5 Å². The van der Waals surface area contributed by atoms with Crippen LogP contribution in [-0.4, -0.2) is 61.1 Å². The molecule has 1 saturated carbocycles. The lowest BCUT2D eigenvalue weighted by Crippen LogP contribution is -2.32. The van der Waals surface area contributed by atoms with Gasteiger partial charge in [-0.15, -0.1) is 10.2 Å². The van der Waals surface area contributed by atoms with Crippen molar-refractivity contribution in [2.45, 2.75) is 37.9 Å². The second-order valence-corrected chi connectivity index (χ2v) is 10.1. The Kier molecular flexibility index (Phi) is 7.04. The SMILES string of the molecule is COc1c(F)cc(-c2cc(C(F)(F)F)c(NC3CC4CN(CC5CCOCC5)CC4C3)nn2)cc1F. The van der Waals surface area contributed by atoms with Crippen LogP contribution in [0.4, 0.5) is 27.8 Å². The standard InChI is InChI=1S/C25H29F5N4O2/c1-35-23-20(26)8-15(9-21(23)27)22-10-19(25(28,29)30)24(33-32-22)31-18-6-16-12-34(13-17(16)7-18)11-14-2-4-36-5-3-14/h8-10,14,16-18H,2-7,11-13H2,1H3,(H,31,33). The smallest absolute Gasteiger partial charge is 0.420 e. The van der Waals surface area contributed by atoms with Gasteiger partial charge in [0.1, 0.15) is 5.56 Å². The number of hydrogen-bond acceptors (Lipinski definition) is 6. The van der Waals surface area contributed by atoms with Crippen LogP contribution < -0.4 is 10.1 Å². The summed E-state index contributed by atoms with van der Waals surface area (Å²) in [7, 11) is 1.10. The maximum atomic E-state index is 14.1. The fraction of sp³-hybridized carbons (Fsp3) is 0.600. The summed E-state index contributed by atoms with van der Waals surface area (Å²) >= 11 is 0. The molecule has 36 heavy (non-hydrogen) atoms. The van der Waals surface area contributed by atoms with E-state index in [2.05, 4.69) is 25.2 Å². The van der Waals surface area contributed by atoms with Crippen molar-refractivity contribution in [3.8, 4) is 17.0 Å². The van der Waals surface area contributed by atoms with E-state index in [0.29, 0.717) is 17.8 Å². The average Bonchev–Trinajstić information content (AvgIpc) is 3.37. The van der Waals surface area contributed by atoms with Crippen LogP contribution in [-0.2, 0) is 10.9 Å². The molecule has 6 nitrogen and oxygen atoms in total. The summed E-state index contributed by atoms with van der Waals surface area (Å²) in [5, 5.41) is 10.6. The molecule has 0 radical (unpaired) electrons. The van der Waals surface area contributed by atoms with Crippen LogP contribution in [0.15, 0.2) is 18.2 Å². The molecule has 1 aliphatic carbocycles. The van der Waals surface area contributed by atoms with Gasteiger partial charge in [-0.25, -0.2) is 8.78 Å². The Morgan fingerprint density at radius 3 is 2.25 bits per heavy atom. The minimum atomic E-state index is -4.72. The molecule has 1 N–H and O–H groups in total. The Balaban J connectivity index is 1.27. The normalized spacial score (nSPS) is 25.2. The molecule has 3 aliphatic rings. The molecule has 0 amide bonds. The first-order valence-corrected chi connectivity index (χ1v) is 12.3. The number of likely N-dealkylation sites (tertiary alicyclic amines) is 1. The molecule has 3 fully saturated rings. The van der Waals surface area contributed by atoms with E-state index in [1.165, 1.54) is 0 Å². The van der Waals surface area contributed by atoms with E-state index in [4.69, 9.17) is 4.74 Å². The molecule has 196 valence electrons. The third kappa shape index (κ3) is 5.27. The van der Waals surface area contributed by atoms with Crippen LogP contribution in [0.5, 0.6) is 5.75 Å². The Morgan fingerprint density at radius 2 is 1.67 bits per heavy atom. The van der Waals surface area contributed by atoms with Gasteiger partial charge in [-0.3, -0.25) is 0 Å². The molecule has 2 saturated heterocycles. The van der Waals surface area contributed by atoms with E-state index < -0.39 is 29.1 Å². The number of aromatic nitrogens is 2. The van der Waals surface area contributed by atoms with E-state index in [-0.39, 0.29) is 23.1 Å². The van der Waals surface area contributed by atoms with Gasteiger partial charge >= 0.3 is 6.18 Å². The fourth-order valence-corrected chi connectivity index (χ4v) is 5.91. The lowest BCUT2D eigenvalue weighted by Gasteiger charge is -2.28. The molecular formula is C25H29F5N4O2. The first kappa shape index (κ1) is 25.1. The summed E-state index contributed by atoms with van der Waals surface area (Å²) < 4.78 is 80.0. The van der Waals surface area contributed by atoms with E-state index in [9.17, 15) is 22.0 Å². The highest BCUT2D eigenvalue weighted by Crippen LogP contribution is 2.42. The molecule has 1 aromatic heterocycles. The van der Waals surface area contributed by atoms with Gasteiger partial charge in [0.2, 0.25) is 0 Å². The summed E-state index contributed by atoms with van der Waals surface area (Å²) in [6, 6.07) is 2.40. The number of hydrogen-bond donors (Lipinski definition) is 1. The topological polar surface area (TPSA) is 59.5 Å². The van der Waals surface area contributed by atoms with Crippen molar-refractivity contribution in [1.29, 1.82) is 0 Å². The zero-order valence-corrected chi connectivity index (χ0v) is 20.0. The highest BCUT2D eigenvalue weighted by molar-refractivity contribution is 5.63. The summed E-state index contributed by atoms with van der Waals surface area (Å²) in [5.41, 5.74) is -1.45. The third-order valence-electron chi connectivity index (χ3n) is 7.62. The lowest BCUT2D eigenvalue weighted by molar-refractivity contribution is -0.137. The Labute approximate surface area is 206 Å². The number of benzene rings is 1. The van der Waals surface area contributed by atoms with E-state index in [1.807, 2.05) is 0 Å². The molecule has 5 rings (SSSR count). The Morgan fingerprint density at radius 1 is 1.03 bits per heavy atom. The highest BCUT2D eigenvalue weighted by atomic mass is 19.4. The fourth-order valence-electron chi connectivity index (χ4n) is 5.91. The minimum Gasteiger partial charge on any atom is -0.491 e. The molecule has 0 bridgehead atoms. The quantitative estimate of drug-likeness (QED) is 0.550. The number of nitrogens with one attached hydrogen (secondary N) is 1. The molecule has 2 unspecified atom stereocenters. The van der Waals surface area contributed by atoms with Crippen LogP contribution in [0, 0.1) is 29.4 Å². The Hall–Kier alpha value is -2.53. The van der Waals surface area contributed by atoms with Gasteiger partial charge in [-0.1, -0.05) is 0 Å². The number of methoxy groups -OCH3 is 1. The summed E-state index contributed by atoms with van der Waals surface area (Å²) in [6.45, 7) is 4.63. The first-order chi connectivity index (χ1) is 17.2. The molecule has 3 heterocycles. The number of nitrogens with zero attached hydrogens (tertiary/aromatic N) is 3. The maximum Gasteiger partial charge on any atom is 0.420 e. The van der Waals surface area contributed by atoms with Crippen molar-refractivity contribution in [2.75, 3.05) is 45.3 Å². The number of rotatable bonds is 6. The molecule has 11 heteroatoms. The number of anilines is 1. The van der Waals surface area contributed by atoms with Crippen molar-refractivity contribution in [2.24, 2.45) is 17.8 Å². The second-order valence-electron chi connectivity index (χ2n) is 10.1. The van der Waals surface area contributed by atoms with Crippen molar-refractivity contribution in [3.05, 3.63) is 35.4 Å². The second kappa shape index (κ2) is 10.1. The van der Waals surface area contributed by atoms with Crippen molar-refractivity contribution >= 4 is 5.82 Å². The molecular weight excluding hydrogens is 483 g/mol. The van der Waals surface area contributed by atoms with Gasteiger partial charge in [0.25, 0.3) is 0 Å². The molecule has 2 atom stereocenters. The number of alkyl halides is 3. The lowest BCUT2D eigenvalue weighted by atomic mass is 10.00. The van der Waals surface area contributed by atoms with Crippen LogP contribution in [0.2, 0.25) is 0 Å². The first-order valence-electron chi connectivity index (χ1n) is 12.3.